The summed E-state index contributed by atoms with van der Waals surface area (Å²) in [6.45, 7) is 0. The normalized spacial score (nSPS) is 10.1. The molecule has 6 heteroatoms. The molecule has 3 N–H and O–H groups in total. The van der Waals surface area contributed by atoms with Gasteiger partial charge in [0.15, 0.2) is 0 Å². The van der Waals surface area contributed by atoms with Crippen LogP contribution in [0.1, 0.15) is 16.1 Å². The highest BCUT2D eigenvalue weighted by atomic mass is 32.1. The SMILES string of the molecule is Cn1cncc1C(=O)Nc1cccc(C(N)=S)c1. The summed E-state index contributed by atoms with van der Waals surface area (Å²) in [5, 5.41) is 2.77. The van der Waals surface area contributed by atoms with Crippen LogP contribution in [-0.2, 0) is 7.05 Å². The lowest BCUT2D eigenvalue weighted by atomic mass is 10.2. The number of anilines is 1. The lowest BCUT2D eigenvalue weighted by molar-refractivity contribution is 0.101. The Morgan fingerprint density at radius 1 is 1.50 bits per heavy atom. The van der Waals surface area contributed by atoms with Gasteiger partial charge < -0.3 is 15.6 Å². The smallest absolute Gasteiger partial charge is 0.273 e. The molecule has 1 aromatic carbocycles. The monoisotopic (exact) mass is 260 g/mol. The summed E-state index contributed by atoms with van der Waals surface area (Å²) in [4.78, 5) is 16.1. The van der Waals surface area contributed by atoms with Crippen molar-refractivity contribution in [3.63, 3.8) is 0 Å². The number of thiocarbonyl (C=S) groups is 1. The van der Waals surface area contributed by atoms with Gasteiger partial charge in [-0.3, -0.25) is 4.79 Å². The Labute approximate surface area is 110 Å². The zero-order chi connectivity index (χ0) is 13.1. The van der Waals surface area contributed by atoms with Crippen molar-refractivity contribution in [2.75, 3.05) is 5.32 Å². The topological polar surface area (TPSA) is 72.9 Å². The van der Waals surface area contributed by atoms with Gasteiger partial charge in [-0.1, -0.05) is 24.4 Å². The number of aromatic nitrogens is 2. The Kier molecular flexibility index (Phi) is 3.38. The first-order valence-corrected chi connectivity index (χ1v) is 5.66. The van der Waals surface area contributed by atoms with Gasteiger partial charge in [0.2, 0.25) is 0 Å². The van der Waals surface area contributed by atoms with E-state index in [0.29, 0.717) is 21.9 Å². The van der Waals surface area contributed by atoms with Crippen LogP contribution in [0.5, 0.6) is 0 Å². The van der Waals surface area contributed by atoms with Crippen LogP contribution in [0, 0.1) is 0 Å². The molecule has 0 aliphatic carbocycles. The highest BCUT2D eigenvalue weighted by Crippen LogP contribution is 2.12. The maximum Gasteiger partial charge on any atom is 0.273 e. The van der Waals surface area contributed by atoms with Crippen molar-refractivity contribution in [1.82, 2.24) is 9.55 Å². The van der Waals surface area contributed by atoms with Gasteiger partial charge >= 0.3 is 0 Å². The maximum atomic E-state index is 11.9. The first kappa shape index (κ1) is 12.3. The van der Waals surface area contributed by atoms with Gasteiger partial charge in [-0.2, -0.15) is 0 Å². The minimum atomic E-state index is -0.227. The van der Waals surface area contributed by atoms with Crippen molar-refractivity contribution >= 4 is 28.8 Å². The van der Waals surface area contributed by atoms with Crippen molar-refractivity contribution in [1.29, 1.82) is 0 Å². The third-order valence-electron chi connectivity index (χ3n) is 2.45. The summed E-state index contributed by atoms with van der Waals surface area (Å²) in [6, 6.07) is 7.09. The van der Waals surface area contributed by atoms with E-state index in [1.807, 2.05) is 0 Å². The van der Waals surface area contributed by atoms with Gasteiger partial charge in [-0.05, 0) is 12.1 Å². The van der Waals surface area contributed by atoms with Crippen molar-refractivity contribution < 1.29 is 4.79 Å². The van der Waals surface area contributed by atoms with E-state index in [1.165, 1.54) is 6.20 Å². The highest BCUT2D eigenvalue weighted by molar-refractivity contribution is 7.80. The molecule has 0 fully saturated rings. The average molecular weight is 260 g/mol. The second-order valence-corrected chi connectivity index (χ2v) is 4.23. The number of nitrogens with one attached hydrogen (secondary N) is 1. The molecule has 0 radical (unpaired) electrons. The molecule has 1 aromatic heterocycles. The number of imidazole rings is 1. The van der Waals surface area contributed by atoms with Gasteiger partial charge in [-0.25, -0.2) is 4.98 Å². The van der Waals surface area contributed by atoms with Gasteiger partial charge in [0.1, 0.15) is 10.7 Å². The molecule has 0 bridgehead atoms. The van der Waals surface area contributed by atoms with Crippen LogP contribution in [0.2, 0.25) is 0 Å². The van der Waals surface area contributed by atoms with E-state index < -0.39 is 0 Å². The van der Waals surface area contributed by atoms with E-state index in [4.69, 9.17) is 18.0 Å². The van der Waals surface area contributed by atoms with Crippen LogP contribution in [0.25, 0.3) is 0 Å². The quantitative estimate of drug-likeness (QED) is 0.816. The Morgan fingerprint density at radius 2 is 2.28 bits per heavy atom. The van der Waals surface area contributed by atoms with Crippen LogP contribution in [-0.4, -0.2) is 20.4 Å². The molecule has 5 nitrogen and oxygen atoms in total. The van der Waals surface area contributed by atoms with Gasteiger partial charge in [0, 0.05) is 18.3 Å². The van der Waals surface area contributed by atoms with Crippen LogP contribution in [0.4, 0.5) is 5.69 Å². The van der Waals surface area contributed by atoms with Crippen LogP contribution >= 0.6 is 12.2 Å². The van der Waals surface area contributed by atoms with E-state index in [-0.39, 0.29) is 5.91 Å². The predicted molar refractivity (Wildman–Crippen MR) is 73.5 cm³/mol. The molecule has 2 aromatic rings. The second-order valence-electron chi connectivity index (χ2n) is 3.79. The van der Waals surface area contributed by atoms with Crippen LogP contribution in [0.3, 0.4) is 0 Å². The number of carbonyl (C=O) groups is 1. The molecule has 1 amide bonds. The number of nitrogens with zero attached hydrogens (tertiary/aromatic N) is 2. The number of aryl methyl sites for hydroxylation is 1. The van der Waals surface area contributed by atoms with Gasteiger partial charge in [-0.15, -0.1) is 0 Å². The standard InChI is InChI=1S/C12H12N4OS/c1-16-7-14-6-10(16)12(17)15-9-4-2-3-8(5-9)11(13)18/h2-7H,1H3,(H2,13,18)(H,15,17). The van der Waals surface area contributed by atoms with E-state index in [9.17, 15) is 4.79 Å². The molecule has 0 saturated heterocycles. The summed E-state index contributed by atoms with van der Waals surface area (Å²) in [7, 11) is 1.76. The van der Waals surface area contributed by atoms with Crippen LogP contribution in [0.15, 0.2) is 36.8 Å². The molecular weight excluding hydrogens is 248 g/mol. The number of nitrogens with two attached hydrogens (primary N) is 1. The molecule has 18 heavy (non-hydrogen) atoms. The molecule has 0 unspecified atom stereocenters. The molecule has 1 heterocycles. The number of amides is 1. The number of rotatable bonds is 3. The van der Waals surface area contributed by atoms with Crippen molar-refractivity contribution in [2.45, 2.75) is 0 Å². The fraction of sp³-hybridized carbons (Fsp3) is 0.0833. The van der Waals surface area contributed by atoms with E-state index in [1.54, 1.807) is 42.2 Å². The largest absolute Gasteiger partial charge is 0.389 e. The minimum Gasteiger partial charge on any atom is -0.389 e. The molecule has 0 aliphatic rings. The first-order chi connectivity index (χ1) is 8.58. The second kappa shape index (κ2) is 4.97. The zero-order valence-corrected chi connectivity index (χ0v) is 10.6. The summed E-state index contributed by atoms with van der Waals surface area (Å²) in [5.74, 6) is -0.227. The zero-order valence-electron chi connectivity index (χ0n) is 9.75. The third-order valence-corrected chi connectivity index (χ3v) is 2.69. The van der Waals surface area contributed by atoms with E-state index in [2.05, 4.69) is 10.3 Å². The van der Waals surface area contributed by atoms with E-state index in [0.717, 1.165) is 0 Å². The number of hydrogen-bond acceptors (Lipinski definition) is 3. The Morgan fingerprint density at radius 3 is 2.89 bits per heavy atom. The summed E-state index contributed by atoms with van der Waals surface area (Å²) >= 11 is 4.89. The summed E-state index contributed by atoms with van der Waals surface area (Å²) in [5.41, 5.74) is 7.38. The molecular formula is C12H12N4OS. The molecule has 2 rings (SSSR count). The van der Waals surface area contributed by atoms with Crippen molar-refractivity contribution in [2.24, 2.45) is 12.8 Å². The Balaban J connectivity index is 2.20. The minimum absolute atomic E-state index is 0.227. The number of carbonyl (C=O) groups excluding carboxylic acids is 1. The van der Waals surface area contributed by atoms with Crippen LogP contribution < -0.4 is 11.1 Å². The average Bonchev–Trinajstić information content (AvgIpc) is 2.76. The summed E-state index contributed by atoms with van der Waals surface area (Å²) < 4.78 is 1.65. The summed E-state index contributed by atoms with van der Waals surface area (Å²) in [6.07, 6.45) is 3.08. The van der Waals surface area contributed by atoms with Gasteiger partial charge in [0.25, 0.3) is 5.91 Å². The lowest BCUT2D eigenvalue weighted by Crippen LogP contribution is -2.16. The van der Waals surface area contributed by atoms with Gasteiger partial charge in [0.05, 0.1) is 12.5 Å². The van der Waals surface area contributed by atoms with Crippen molar-refractivity contribution in [3.05, 3.63) is 48.0 Å². The highest BCUT2D eigenvalue weighted by Gasteiger charge is 2.10. The molecule has 92 valence electrons. The molecule has 0 saturated carbocycles. The van der Waals surface area contributed by atoms with E-state index >= 15 is 0 Å². The number of hydrogen-bond donors (Lipinski definition) is 2. The predicted octanol–water partition coefficient (Wildman–Crippen LogP) is 1.31. The fourth-order valence-corrected chi connectivity index (χ4v) is 1.65. The maximum absolute atomic E-state index is 11.9. The fourth-order valence-electron chi connectivity index (χ4n) is 1.52. The Hall–Kier alpha value is -2.21. The lowest BCUT2D eigenvalue weighted by Gasteiger charge is -2.07. The number of benzene rings is 1. The molecule has 0 aliphatic heterocycles. The third kappa shape index (κ3) is 2.54. The first-order valence-electron chi connectivity index (χ1n) is 5.25. The molecule has 0 spiro atoms. The Bertz CT molecular complexity index is 606. The molecule has 0 atom stereocenters. The van der Waals surface area contributed by atoms with Crippen molar-refractivity contribution in [3.8, 4) is 0 Å².